The van der Waals surface area contributed by atoms with Gasteiger partial charge in [-0.15, -0.1) is 0 Å². The summed E-state index contributed by atoms with van der Waals surface area (Å²) in [5.74, 6) is -0.0286. The van der Waals surface area contributed by atoms with E-state index in [4.69, 9.17) is 4.74 Å². The third-order valence-corrected chi connectivity index (χ3v) is 7.18. The van der Waals surface area contributed by atoms with Gasteiger partial charge >= 0.3 is 6.09 Å². The van der Waals surface area contributed by atoms with Crippen molar-refractivity contribution in [1.29, 1.82) is 0 Å². The Kier molecular flexibility index (Phi) is 5.39. The number of hydrogen-bond acceptors (Lipinski definition) is 3. The van der Waals surface area contributed by atoms with E-state index in [1.807, 2.05) is 79.0 Å². The molecule has 3 aromatic rings. The van der Waals surface area contributed by atoms with E-state index in [1.165, 1.54) is 0 Å². The van der Waals surface area contributed by atoms with Crippen LogP contribution in [0.15, 0.2) is 60.8 Å². The van der Waals surface area contributed by atoms with E-state index < -0.39 is 5.60 Å². The molecule has 2 aliphatic rings. The zero-order chi connectivity index (χ0) is 23.2. The monoisotopic (exact) mass is 445 g/mol. The minimum atomic E-state index is -0.585. The highest BCUT2D eigenvalue weighted by molar-refractivity contribution is 6.07. The Labute approximate surface area is 194 Å². The summed E-state index contributed by atoms with van der Waals surface area (Å²) >= 11 is 0. The lowest BCUT2D eigenvalue weighted by Gasteiger charge is -2.38. The van der Waals surface area contributed by atoms with Gasteiger partial charge in [-0.2, -0.15) is 0 Å². The normalized spacial score (nSPS) is 24.6. The molecule has 5 rings (SSSR count). The Hall–Kier alpha value is -3.28. The summed E-state index contributed by atoms with van der Waals surface area (Å²) in [5.41, 5.74) is 2.27. The maximum absolute atomic E-state index is 13.0. The van der Waals surface area contributed by atoms with Crippen molar-refractivity contribution in [3.63, 3.8) is 0 Å². The maximum atomic E-state index is 13.0. The summed E-state index contributed by atoms with van der Waals surface area (Å²) in [4.78, 5) is 27.9. The van der Waals surface area contributed by atoms with Gasteiger partial charge in [0.2, 0.25) is 0 Å². The molecule has 0 spiro atoms. The molecule has 2 fully saturated rings. The van der Waals surface area contributed by atoms with Gasteiger partial charge in [0.1, 0.15) is 5.60 Å². The summed E-state index contributed by atoms with van der Waals surface area (Å²) in [5, 5.41) is 4.21. The number of para-hydroxylation sites is 1. The molecular weight excluding hydrogens is 414 g/mol. The van der Waals surface area contributed by atoms with E-state index >= 15 is 0 Å². The molecule has 172 valence electrons. The van der Waals surface area contributed by atoms with Gasteiger partial charge in [0.25, 0.3) is 5.91 Å². The Morgan fingerprint density at radius 2 is 1.67 bits per heavy atom. The number of carbonyl (C=O) groups excluding carboxylic acids is 2. The Morgan fingerprint density at radius 1 is 1.00 bits per heavy atom. The minimum absolute atomic E-state index is 0.0286. The molecule has 1 aliphatic carbocycles. The van der Waals surface area contributed by atoms with Crippen molar-refractivity contribution in [1.82, 2.24) is 14.8 Å². The number of carbonyl (C=O) groups is 2. The average molecular weight is 446 g/mol. The molecule has 0 bridgehead atoms. The predicted octanol–water partition coefficient (Wildman–Crippen LogP) is 5.19. The standard InChI is InChI=1S/C27H31N3O3/c1-27(2)24(18-9-5-4-6-10-18)30(26(32)33-27)20-15-13-19(14-16-20)28-25(31)22-17-29(3)23-12-8-7-11-21(22)23/h4-12,17,19-20,24H,13-16H2,1-3H3,(H,28,31)/t19-,20-,24-/m1/s1. The van der Waals surface area contributed by atoms with E-state index in [-0.39, 0.29) is 30.1 Å². The third kappa shape index (κ3) is 3.88. The fourth-order valence-electron chi connectivity index (χ4n) is 5.62. The summed E-state index contributed by atoms with van der Waals surface area (Å²) < 4.78 is 7.78. The topological polar surface area (TPSA) is 63.6 Å². The molecule has 2 amide bonds. The molecule has 33 heavy (non-hydrogen) atoms. The highest BCUT2D eigenvalue weighted by Gasteiger charge is 2.51. The molecule has 6 heteroatoms. The minimum Gasteiger partial charge on any atom is -0.441 e. The van der Waals surface area contributed by atoms with E-state index in [0.717, 1.165) is 42.1 Å². The second-order valence-corrected chi connectivity index (χ2v) is 9.84. The summed E-state index contributed by atoms with van der Waals surface area (Å²) in [6.45, 7) is 3.97. The van der Waals surface area contributed by atoms with Crippen molar-refractivity contribution in [2.45, 2.75) is 63.3 Å². The lowest BCUT2D eigenvalue weighted by molar-refractivity contribution is 0.0663. The van der Waals surface area contributed by atoms with Crippen LogP contribution in [-0.4, -0.2) is 39.2 Å². The molecule has 1 atom stereocenters. The highest BCUT2D eigenvalue weighted by atomic mass is 16.6. The molecule has 1 saturated carbocycles. The number of rotatable bonds is 4. The quantitative estimate of drug-likeness (QED) is 0.601. The van der Waals surface area contributed by atoms with Gasteiger partial charge in [-0.1, -0.05) is 48.5 Å². The van der Waals surface area contributed by atoms with Crippen molar-refractivity contribution < 1.29 is 14.3 Å². The molecule has 6 nitrogen and oxygen atoms in total. The fourth-order valence-corrected chi connectivity index (χ4v) is 5.62. The number of ether oxygens (including phenoxy) is 1. The van der Waals surface area contributed by atoms with Crippen LogP contribution >= 0.6 is 0 Å². The van der Waals surface area contributed by atoms with Crippen LogP contribution < -0.4 is 5.32 Å². The summed E-state index contributed by atoms with van der Waals surface area (Å²) in [7, 11) is 1.96. The van der Waals surface area contributed by atoms with Gasteiger partial charge in [0.15, 0.2) is 0 Å². The van der Waals surface area contributed by atoms with E-state index in [1.54, 1.807) is 0 Å². The van der Waals surface area contributed by atoms with Crippen LogP contribution in [0.5, 0.6) is 0 Å². The molecule has 0 radical (unpaired) electrons. The number of nitrogens with one attached hydrogen (secondary N) is 1. The predicted molar refractivity (Wildman–Crippen MR) is 128 cm³/mol. The van der Waals surface area contributed by atoms with E-state index in [2.05, 4.69) is 17.4 Å². The van der Waals surface area contributed by atoms with Crippen LogP contribution in [0, 0.1) is 0 Å². The number of amides is 2. The lowest BCUT2D eigenvalue weighted by atomic mass is 9.86. The van der Waals surface area contributed by atoms with Gasteiger partial charge in [0.05, 0.1) is 11.6 Å². The van der Waals surface area contributed by atoms with E-state index in [0.29, 0.717) is 5.56 Å². The Morgan fingerprint density at radius 3 is 2.39 bits per heavy atom. The van der Waals surface area contributed by atoms with Gasteiger partial charge in [-0.25, -0.2) is 4.79 Å². The van der Waals surface area contributed by atoms with Gasteiger partial charge in [-0.3, -0.25) is 9.69 Å². The lowest BCUT2D eigenvalue weighted by Crippen LogP contribution is -2.46. The molecule has 0 unspecified atom stereocenters. The van der Waals surface area contributed by atoms with Crippen molar-refractivity contribution in [3.8, 4) is 0 Å². The molecule has 1 aromatic heterocycles. The van der Waals surface area contributed by atoms with Crippen LogP contribution in [0.25, 0.3) is 10.9 Å². The zero-order valence-electron chi connectivity index (χ0n) is 19.5. The number of cyclic esters (lactones) is 1. The third-order valence-electron chi connectivity index (χ3n) is 7.18. The van der Waals surface area contributed by atoms with Crippen LogP contribution in [0.3, 0.4) is 0 Å². The Balaban J connectivity index is 1.28. The first-order valence-corrected chi connectivity index (χ1v) is 11.8. The van der Waals surface area contributed by atoms with Crippen molar-refractivity contribution >= 4 is 22.9 Å². The number of aryl methyl sites for hydroxylation is 1. The molecule has 1 aliphatic heterocycles. The highest BCUT2D eigenvalue weighted by Crippen LogP contribution is 2.44. The summed E-state index contributed by atoms with van der Waals surface area (Å²) in [6.07, 6.45) is 5.03. The fraction of sp³-hybridized carbons (Fsp3) is 0.407. The molecular formula is C27H31N3O3. The number of aromatic nitrogens is 1. The van der Waals surface area contributed by atoms with E-state index in [9.17, 15) is 9.59 Å². The first kappa shape index (κ1) is 21.6. The zero-order valence-corrected chi connectivity index (χ0v) is 19.5. The maximum Gasteiger partial charge on any atom is 0.411 e. The summed E-state index contributed by atoms with van der Waals surface area (Å²) in [6, 6.07) is 18.2. The van der Waals surface area contributed by atoms with Crippen LogP contribution in [0.4, 0.5) is 4.79 Å². The molecule has 1 N–H and O–H groups in total. The largest absolute Gasteiger partial charge is 0.441 e. The molecule has 2 heterocycles. The smallest absolute Gasteiger partial charge is 0.411 e. The van der Waals surface area contributed by atoms with Crippen LogP contribution in [-0.2, 0) is 11.8 Å². The average Bonchev–Trinajstić information content (AvgIpc) is 3.27. The van der Waals surface area contributed by atoms with Crippen molar-refractivity contribution in [3.05, 3.63) is 71.9 Å². The van der Waals surface area contributed by atoms with Gasteiger partial charge in [-0.05, 0) is 51.2 Å². The first-order valence-electron chi connectivity index (χ1n) is 11.8. The molecule has 2 aromatic carbocycles. The second kappa shape index (κ2) is 8.25. The Bertz CT molecular complexity index is 1180. The second-order valence-electron chi connectivity index (χ2n) is 9.84. The number of fused-ring (bicyclic) bond motifs is 1. The molecule has 1 saturated heterocycles. The number of hydrogen-bond donors (Lipinski definition) is 1. The van der Waals surface area contributed by atoms with Crippen molar-refractivity contribution in [2.75, 3.05) is 0 Å². The number of nitrogens with zero attached hydrogens (tertiary/aromatic N) is 2. The van der Waals surface area contributed by atoms with Crippen LogP contribution in [0.1, 0.15) is 61.5 Å². The van der Waals surface area contributed by atoms with Gasteiger partial charge in [0, 0.05) is 36.2 Å². The van der Waals surface area contributed by atoms with Crippen LogP contribution in [0.2, 0.25) is 0 Å². The first-order chi connectivity index (χ1) is 15.8. The SMILES string of the molecule is Cn1cc(C(=O)N[C@H]2CC[C@H](N3C(=O)OC(C)(C)[C@H]3c3ccccc3)CC2)c2ccccc21. The number of benzene rings is 2. The van der Waals surface area contributed by atoms with Gasteiger partial charge < -0.3 is 14.6 Å². The van der Waals surface area contributed by atoms with Crippen molar-refractivity contribution in [2.24, 2.45) is 7.05 Å².